The molecule has 0 bridgehead atoms. The number of guanidine groups is 1. The summed E-state index contributed by atoms with van der Waals surface area (Å²) in [4.78, 5) is 21.9. The molecule has 2 amide bonds. The number of halogens is 1. The van der Waals surface area contributed by atoms with E-state index in [-0.39, 0.29) is 6.03 Å². The Morgan fingerprint density at radius 1 is 1.16 bits per heavy atom. The predicted octanol–water partition coefficient (Wildman–Crippen LogP) is 5.12. The highest BCUT2D eigenvalue weighted by Gasteiger charge is 2.42. The van der Waals surface area contributed by atoms with E-state index < -0.39 is 5.54 Å². The normalized spacial score (nSPS) is 15.8. The van der Waals surface area contributed by atoms with Crippen LogP contribution >= 0.6 is 11.6 Å². The average Bonchev–Trinajstić information content (AvgIpc) is 2.81. The number of hydrogen-bond donors (Lipinski definition) is 2. The highest BCUT2D eigenvalue weighted by Crippen LogP contribution is 2.30. The van der Waals surface area contributed by atoms with E-state index in [1.807, 2.05) is 42.3 Å². The Labute approximate surface area is 194 Å². The van der Waals surface area contributed by atoms with Crippen LogP contribution in [-0.2, 0) is 0 Å². The molecule has 0 aromatic heterocycles. The second-order valence-electron chi connectivity index (χ2n) is 7.90. The number of nitriles is 1. The molecule has 2 N–H and O–H groups in total. The molecular formula is C24H29ClN6O. The number of carbonyl (C=O) groups is 1. The minimum atomic E-state index is -0.390. The number of amides is 2. The smallest absolute Gasteiger partial charge is 0.322 e. The largest absolute Gasteiger partial charge is 0.338 e. The third-order valence-corrected chi connectivity index (χ3v) is 6.37. The Morgan fingerprint density at radius 2 is 1.84 bits per heavy atom. The van der Waals surface area contributed by atoms with Crippen LogP contribution in [0.2, 0.25) is 5.02 Å². The molecule has 0 atom stereocenters. The molecule has 0 radical (unpaired) electrons. The van der Waals surface area contributed by atoms with Crippen molar-refractivity contribution in [3.63, 3.8) is 0 Å². The van der Waals surface area contributed by atoms with Gasteiger partial charge >= 0.3 is 6.03 Å². The van der Waals surface area contributed by atoms with Gasteiger partial charge in [0.15, 0.2) is 6.19 Å². The Morgan fingerprint density at radius 3 is 2.47 bits per heavy atom. The third kappa shape index (κ3) is 5.14. The molecule has 0 aliphatic carbocycles. The van der Waals surface area contributed by atoms with Crippen molar-refractivity contribution in [1.82, 2.24) is 15.1 Å². The summed E-state index contributed by atoms with van der Waals surface area (Å²) in [5.41, 5.74) is 2.16. The Kier molecular flexibility index (Phi) is 7.60. The predicted molar refractivity (Wildman–Crippen MR) is 129 cm³/mol. The fourth-order valence-electron chi connectivity index (χ4n) is 4.09. The first-order valence-corrected chi connectivity index (χ1v) is 11.2. The molecule has 0 saturated carbocycles. The number of benzene rings is 2. The van der Waals surface area contributed by atoms with E-state index in [1.165, 1.54) is 0 Å². The van der Waals surface area contributed by atoms with Crippen molar-refractivity contribution in [3.8, 4) is 6.19 Å². The molecule has 1 saturated heterocycles. The highest BCUT2D eigenvalue weighted by molar-refractivity contribution is 6.30. The Hall–Kier alpha value is -3.24. The van der Waals surface area contributed by atoms with Crippen molar-refractivity contribution in [3.05, 3.63) is 59.1 Å². The van der Waals surface area contributed by atoms with Crippen molar-refractivity contribution in [2.24, 2.45) is 4.99 Å². The van der Waals surface area contributed by atoms with Crippen molar-refractivity contribution in [1.29, 1.82) is 5.26 Å². The van der Waals surface area contributed by atoms with Crippen LogP contribution < -0.4 is 10.6 Å². The maximum absolute atomic E-state index is 13.2. The van der Waals surface area contributed by atoms with Crippen molar-refractivity contribution < 1.29 is 4.79 Å². The zero-order valence-electron chi connectivity index (χ0n) is 18.7. The number of nitrogens with one attached hydrogen (secondary N) is 2. The van der Waals surface area contributed by atoms with Gasteiger partial charge in [-0.1, -0.05) is 43.6 Å². The van der Waals surface area contributed by atoms with Crippen LogP contribution in [0.5, 0.6) is 0 Å². The molecule has 2 aromatic rings. The van der Waals surface area contributed by atoms with E-state index in [0.29, 0.717) is 36.3 Å². The zero-order chi connectivity index (χ0) is 23.1. The standard InChI is InChI=1S/C24H29ClN6O/c1-4-24(5-2)16-30(22(27-17-26)29-21-9-7-6-8-18(21)3)14-15-31(24)23(32)28-20-12-10-19(25)11-13-20/h6-13H,4-5,14-16H2,1-3H3,(H,27,29)(H,28,32). The SMILES string of the molecule is CCC1(CC)CN(C(=Nc2ccccc2C)NC#N)CCN1C(=O)Nc1ccc(Cl)cc1. The quantitative estimate of drug-likeness (QED) is 0.292. The van der Waals surface area contributed by atoms with E-state index in [4.69, 9.17) is 16.6 Å². The second kappa shape index (κ2) is 10.4. The van der Waals surface area contributed by atoms with E-state index in [0.717, 1.165) is 24.1 Å². The van der Waals surface area contributed by atoms with Crippen LogP contribution in [0.1, 0.15) is 32.3 Å². The van der Waals surface area contributed by atoms with Gasteiger partial charge in [-0.05, 0) is 55.7 Å². The summed E-state index contributed by atoms with van der Waals surface area (Å²) >= 11 is 5.96. The fourth-order valence-corrected chi connectivity index (χ4v) is 4.21. The molecule has 8 heteroatoms. The number of aliphatic imine (C=N–C) groups is 1. The molecule has 1 fully saturated rings. The summed E-state index contributed by atoms with van der Waals surface area (Å²) in [5.74, 6) is 0.505. The van der Waals surface area contributed by atoms with Gasteiger partial charge in [-0.15, -0.1) is 0 Å². The molecule has 0 unspecified atom stereocenters. The monoisotopic (exact) mass is 452 g/mol. The van der Waals surface area contributed by atoms with Gasteiger partial charge < -0.3 is 15.1 Å². The van der Waals surface area contributed by atoms with Gasteiger partial charge in [0.05, 0.1) is 11.2 Å². The summed E-state index contributed by atoms with van der Waals surface area (Å²) in [7, 11) is 0. The maximum atomic E-state index is 13.2. The highest BCUT2D eigenvalue weighted by atomic mass is 35.5. The molecule has 7 nitrogen and oxygen atoms in total. The first-order chi connectivity index (χ1) is 15.4. The average molecular weight is 453 g/mol. The fraction of sp³-hybridized carbons (Fsp3) is 0.375. The lowest BCUT2D eigenvalue weighted by Crippen LogP contribution is -2.66. The van der Waals surface area contributed by atoms with Gasteiger partial charge in [0, 0.05) is 30.3 Å². The lowest BCUT2D eigenvalue weighted by atomic mass is 9.88. The van der Waals surface area contributed by atoms with Crippen molar-refractivity contribution >= 4 is 35.0 Å². The summed E-state index contributed by atoms with van der Waals surface area (Å²) in [6.07, 6.45) is 3.57. The maximum Gasteiger partial charge on any atom is 0.322 e. The Balaban J connectivity index is 1.84. The zero-order valence-corrected chi connectivity index (χ0v) is 19.5. The van der Waals surface area contributed by atoms with Crippen LogP contribution in [0.15, 0.2) is 53.5 Å². The number of nitrogens with zero attached hydrogens (tertiary/aromatic N) is 4. The van der Waals surface area contributed by atoms with E-state index in [2.05, 4.69) is 29.4 Å². The number of piperazine rings is 1. The minimum Gasteiger partial charge on any atom is -0.338 e. The number of carbonyl (C=O) groups excluding carboxylic acids is 1. The summed E-state index contributed by atoms with van der Waals surface area (Å²) in [5, 5.41) is 15.7. The van der Waals surface area contributed by atoms with E-state index in [1.54, 1.807) is 24.3 Å². The van der Waals surface area contributed by atoms with Crippen LogP contribution in [-0.4, -0.2) is 47.0 Å². The van der Waals surface area contributed by atoms with E-state index in [9.17, 15) is 10.1 Å². The van der Waals surface area contributed by atoms with Crippen LogP contribution in [0, 0.1) is 18.4 Å². The van der Waals surface area contributed by atoms with Gasteiger partial charge in [-0.25, -0.2) is 9.79 Å². The number of para-hydroxylation sites is 1. The van der Waals surface area contributed by atoms with Crippen LogP contribution in [0.4, 0.5) is 16.2 Å². The summed E-state index contributed by atoms with van der Waals surface area (Å²) in [6.45, 7) is 7.82. The van der Waals surface area contributed by atoms with Crippen molar-refractivity contribution in [2.75, 3.05) is 25.0 Å². The van der Waals surface area contributed by atoms with Crippen molar-refractivity contribution in [2.45, 2.75) is 39.2 Å². The molecule has 32 heavy (non-hydrogen) atoms. The number of aryl methyl sites for hydroxylation is 1. The summed E-state index contributed by atoms with van der Waals surface area (Å²) < 4.78 is 0. The first-order valence-electron chi connectivity index (χ1n) is 10.8. The van der Waals surface area contributed by atoms with Gasteiger partial charge in [0.1, 0.15) is 0 Å². The molecule has 3 rings (SSSR count). The topological polar surface area (TPSA) is 83.8 Å². The molecule has 168 valence electrons. The van der Waals surface area contributed by atoms with Crippen LogP contribution in [0.25, 0.3) is 0 Å². The minimum absolute atomic E-state index is 0.138. The summed E-state index contributed by atoms with van der Waals surface area (Å²) in [6, 6.07) is 14.8. The number of urea groups is 1. The molecule has 0 spiro atoms. The van der Waals surface area contributed by atoms with Crippen LogP contribution in [0.3, 0.4) is 0 Å². The van der Waals surface area contributed by atoms with Gasteiger partial charge in [0.25, 0.3) is 0 Å². The molecule has 1 aliphatic heterocycles. The van der Waals surface area contributed by atoms with E-state index >= 15 is 0 Å². The molecular weight excluding hydrogens is 424 g/mol. The van der Waals surface area contributed by atoms with Gasteiger partial charge in [-0.3, -0.25) is 5.32 Å². The second-order valence-corrected chi connectivity index (χ2v) is 8.34. The van der Waals surface area contributed by atoms with Gasteiger partial charge in [0.2, 0.25) is 5.96 Å². The third-order valence-electron chi connectivity index (χ3n) is 6.12. The lowest BCUT2D eigenvalue weighted by molar-refractivity contribution is 0.0503. The number of rotatable bonds is 4. The Bertz CT molecular complexity index is 1010. The molecule has 1 heterocycles. The number of anilines is 1. The molecule has 2 aromatic carbocycles. The number of hydrogen-bond acceptors (Lipinski definition) is 3. The molecule has 1 aliphatic rings. The van der Waals surface area contributed by atoms with Gasteiger partial charge in [-0.2, -0.15) is 5.26 Å². The lowest BCUT2D eigenvalue weighted by Gasteiger charge is -2.50. The first kappa shape index (κ1) is 23.4.